The molecule has 17 heavy (non-hydrogen) atoms. The summed E-state index contributed by atoms with van der Waals surface area (Å²) in [5.74, 6) is -0.202. The Balaban J connectivity index is 2.96. The highest BCUT2D eigenvalue weighted by atomic mass is 16.6. The fourth-order valence-corrected chi connectivity index (χ4v) is 0.931. The predicted octanol–water partition coefficient (Wildman–Crippen LogP) is 0.166. The van der Waals surface area contributed by atoms with E-state index >= 15 is 0 Å². The standard InChI is InChI=1S/C11H23NO5/c1-3-11(13)17-9-8-15-5-4-14-6-7-16-10-12-2/h12H,3-10H2,1-2H3. The van der Waals surface area contributed by atoms with E-state index in [-0.39, 0.29) is 5.97 Å². The Kier molecular flexibility index (Phi) is 12.8. The molecule has 0 heterocycles. The summed E-state index contributed by atoms with van der Waals surface area (Å²) < 4.78 is 20.4. The van der Waals surface area contributed by atoms with Gasteiger partial charge in [-0.25, -0.2) is 0 Å². The van der Waals surface area contributed by atoms with Gasteiger partial charge in [0.1, 0.15) is 6.61 Å². The van der Waals surface area contributed by atoms with E-state index < -0.39 is 0 Å². The molecule has 0 spiro atoms. The molecule has 102 valence electrons. The van der Waals surface area contributed by atoms with Crippen LogP contribution in [0.3, 0.4) is 0 Å². The lowest BCUT2D eigenvalue weighted by molar-refractivity contribution is -0.144. The van der Waals surface area contributed by atoms with Crippen molar-refractivity contribution < 1.29 is 23.7 Å². The van der Waals surface area contributed by atoms with E-state index in [2.05, 4.69) is 5.32 Å². The number of hydrogen-bond acceptors (Lipinski definition) is 6. The largest absolute Gasteiger partial charge is 0.463 e. The van der Waals surface area contributed by atoms with Gasteiger partial charge >= 0.3 is 5.97 Å². The second-order valence-electron chi connectivity index (χ2n) is 3.20. The van der Waals surface area contributed by atoms with Gasteiger partial charge in [0.15, 0.2) is 0 Å². The average Bonchev–Trinajstić information content (AvgIpc) is 2.35. The lowest BCUT2D eigenvalue weighted by Crippen LogP contribution is -2.16. The van der Waals surface area contributed by atoms with E-state index in [1.54, 1.807) is 6.92 Å². The van der Waals surface area contributed by atoms with Crippen molar-refractivity contribution in [1.29, 1.82) is 0 Å². The van der Waals surface area contributed by atoms with Crippen molar-refractivity contribution in [2.45, 2.75) is 13.3 Å². The highest BCUT2D eigenvalue weighted by molar-refractivity contribution is 5.68. The molecule has 0 unspecified atom stereocenters. The Hall–Kier alpha value is -0.690. The molecule has 6 nitrogen and oxygen atoms in total. The van der Waals surface area contributed by atoms with Crippen molar-refractivity contribution in [3.05, 3.63) is 0 Å². The minimum absolute atomic E-state index is 0.202. The number of hydrogen-bond donors (Lipinski definition) is 1. The smallest absolute Gasteiger partial charge is 0.305 e. The lowest BCUT2D eigenvalue weighted by Gasteiger charge is -2.06. The van der Waals surface area contributed by atoms with Crippen LogP contribution in [0.1, 0.15) is 13.3 Å². The Morgan fingerprint density at radius 2 is 1.47 bits per heavy atom. The molecule has 6 heteroatoms. The Morgan fingerprint density at radius 3 is 2.00 bits per heavy atom. The maximum absolute atomic E-state index is 10.8. The highest BCUT2D eigenvalue weighted by Gasteiger charge is 1.97. The molecule has 0 saturated carbocycles. The molecule has 0 aliphatic carbocycles. The minimum atomic E-state index is -0.202. The zero-order valence-electron chi connectivity index (χ0n) is 10.7. The van der Waals surface area contributed by atoms with Crippen molar-refractivity contribution in [2.75, 3.05) is 53.4 Å². The molecule has 0 aromatic heterocycles. The summed E-state index contributed by atoms with van der Waals surface area (Å²) >= 11 is 0. The Bertz CT molecular complexity index is 177. The zero-order valence-corrected chi connectivity index (χ0v) is 10.7. The summed E-state index contributed by atoms with van der Waals surface area (Å²) in [7, 11) is 1.82. The van der Waals surface area contributed by atoms with Crippen LogP contribution in [0.25, 0.3) is 0 Å². The number of carbonyl (C=O) groups is 1. The Labute approximate surface area is 103 Å². The average molecular weight is 249 g/mol. The Morgan fingerprint density at radius 1 is 0.941 bits per heavy atom. The quantitative estimate of drug-likeness (QED) is 0.302. The fraction of sp³-hybridized carbons (Fsp3) is 0.909. The number of esters is 1. The first-order chi connectivity index (χ1) is 8.31. The molecule has 0 rings (SSSR count). The van der Waals surface area contributed by atoms with Crippen LogP contribution in [0.15, 0.2) is 0 Å². The first-order valence-corrected chi connectivity index (χ1v) is 5.84. The van der Waals surface area contributed by atoms with Crippen LogP contribution in [0, 0.1) is 0 Å². The van der Waals surface area contributed by atoms with Crippen molar-refractivity contribution in [1.82, 2.24) is 5.32 Å². The second kappa shape index (κ2) is 13.4. The van der Waals surface area contributed by atoms with Gasteiger partial charge in [-0.3, -0.25) is 10.1 Å². The molecule has 0 fully saturated rings. The van der Waals surface area contributed by atoms with Crippen LogP contribution in [0.2, 0.25) is 0 Å². The summed E-state index contributed by atoms with van der Waals surface area (Å²) in [5.41, 5.74) is 0. The predicted molar refractivity (Wildman–Crippen MR) is 62.8 cm³/mol. The van der Waals surface area contributed by atoms with E-state index in [1.807, 2.05) is 7.05 Å². The highest BCUT2D eigenvalue weighted by Crippen LogP contribution is 1.85. The summed E-state index contributed by atoms with van der Waals surface area (Å²) in [4.78, 5) is 10.8. The van der Waals surface area contributed by atoms with Gasteiger partial charge < -0.3 is 18.9 Å². The maximum Gasteiger partial charge on any atom is 0.305 e. The van der Waals surface area contributed by atoms with Gasteiger partial charge in [0.05, 0.1) is 39.8 Å². The van der Waals surface area contributed by atoms with Gasteiger partial charge in [-0.2, -0.15) is 0 Å². The first kappa shape index (κ1) is 16.3. The van der Waals surface area contributed by atoms with Crippen LogP contribution in [0.5, 0.6) is 0 Å². The monoisotopic (exact) mass is 249 g/mol. The third-order valence-corrected chi connectivity index (χ3v) is 1.77. The molecule has 1 N–H and O–H groups in total. The second-order valence-corrected chi connectivity index (χ2v) is 3.20. The van der Waals surface area contributed by atoms with Gasteiger partial charge in [-0.1, -0.05) is 6.92 Å². The number of ether oxygens (including phenoxy) is 4. The summed E-state index contributed by atoms with van der Waals surface area (Å²) in [6.07, 6.45) is 0.399. The summed E-state index contributed by atoms with van der Waals surface area (Å²) in [6.45, 7) is 5.13. The van der Waals surface area contributed by atoms with E-state index in [4.69, 9.17) is 18.9 Å². The molecule has 0 atom stereocenters. The molecule has 0 saturated heterocycles. The molecule has 0 aliphatic rings. The molecule has 0 radical (unpaired) electrons. The van der Waals surface area contributed by atoms with Crippen molar-refractivity contribution >= 4 is 5.97 Å². The normalized spacial score (nSPS) is 10.5. The van der Waals surface area contributed by atoms with Gasteiger partial charge in [0.2, 0.25) is 0 Å². The number of rotatable bonds is 12. The van der Waals surface area contributed by atoms with Gasteiger partial charge in [0, 0.05) is 6.42 Å². The first-order valence-electron chi connectivity index (χ1n) is 5.84. The van der Waals surface area contributed by atoms with Crippen LogP contribution in [-0.2, 0) is 23.7 Å². The van der Waals surface area contributed by atoms with E-state index in [1.165, 1.54) is 0 Å². The lowest BCUT2D eigenvalue weighted by atomic mass is 10.5. The zero-order chi connectivity index (χ0) is 12.8. The molecular formula is C11H23NO5. The summed E-state index contributed by atoms with van der Waals surface area (Å²) in [6, 6.07) is 0. The topological polar surface area (TPSA) is 66.0 Å². The minimum Gasteiger partial charge on any atom is -0.463 e. The van der Waals surface area contributed by atoms with E-state index in [0.29, 0.717) is 52.8 Å². The van der Waals surface area contributed by atoms with Crippen LogP contribution < -0.4 is 5.32 Å². The fourth-order valence-electron chi connectivity index (χ4n) is 0.931. The van der Waals surface area contributed by atoms with Crippen LogP contribution >= 0.6 is 0 Å². The third-order valence-electron chi connectivity index (χ3n) is 1.77. The molecule has 0 aromatic carbocycles. The van der Waals surface area contributed by atoms with E-state index in [0.717, 1.165) is 0 Å². The molecule has 0 amide bonds. The number of carbonyl (C=O) groups excluding carboxylic acids is 1. The van der Waals surface area contributed by atoms with Crippen molar-refractivity contribution in [3.8, 4) is 0 Å². The van der Waals surface area contributed by atoms with Crippen LogP contribution in [0.4, 0.5) is 0 Å². The molecule has 0 aliphatic heterocycles. The van der Waals surface area contributed by atoms with Gasteiger partial charge in [-0.05, 0) is 7.05 Å². The molecule has 0 aromatic rings. The van der Waals surface area contributed by atoms with Crippen molar-refractivity contribution in [2.24, 2.45) is 0 Å². The van der Waals surface area contributed by atoms with Gasteiger partial charge in [-0.15, -0.1) is 0 Å². The summed E-state index contributed by atoms with van der Waals surface area (Å²) in [5, 5.41) is 2.86. The third kappa shape index (κ3) is 13.2. The molecule has 0 bridgehead atoms. The SMILES string of the molecule is CCC(=O)OCCOCCOCCOCNC. The van der Waals surface area contributed by atoms with Crippen molar-refractivity contribution in [3.63, 3.8) is 0 Å². The maximum atomic E-state index is 10.8. The molecular weight excluding hydrogens is 226 g/mol. The van der Waals surface area contributed by atoms with Crippen LogP contribution in [-0.4, -0.2) is 59.4 Å². The number of nitrogens with one attached hydrogen (secondary N) is 1. The van der Waals surface area contributed by atoms with E-state index in [9.17, 15) is 4.79 Å². The van der Waals surface area contributed by atoms with Gasteiger partial charge in [0.25, 0.3) is 0 Å².